The lowest BCUT2D eigenvalue weighted by atomic mass is 9.99. The Hall–Kier alpha value is -1.59. The van der Waals surface area contributed by atoms with Crippen LogP contribution in [-0.4, -0.2) is 37.2 Å². The Morgan fingerprint density at radius 2 is 0.648 bits per heavy atom. The van der Waals surface area contributed by atoms with Crippen molar-refractivity contribution in [3.05, 3.63) is 0 Å². The first-order valence-electron chi connectivity index (χ1n) is 23.7. The molecule has 3 atom stereocenters. The summed E-state index contributed by atoms with van der Waals surface area (Å²) in [4.78, 5) is 37.8. The molecule has 0 saturated heterocycles. The molecule has 0 bridgehead atoms. The largest absolute Gasteiger partial charge is 0.462 e. The minimum absolute atomic E-state index is 0.0664. The van der Waals surface area contributed by atoms with Crippen LogP contribution in [0.5, 0.6) is 0 Å². The maximum Gasteiger partial charge on any atom is 0.306 e. The van der Waals surface area contributed by atoms with Crippen LogP contribution < -0.4 is 0 Å². The summed E-state index contributed by atoms with van der Waals surface area (Å²) >= 11 is 0. The Balaban J connectivity index is 4.35. The molecule has 2 unspecified atom stereocenters. The van der Waals surface area contributed by atoms with Crippen LogP contribution in [0.1, 0.15) is 253 Å². The first kappa shape index (κ1) is 52.4. The molecule has 0 saturated carbocycles. The van der Waals surface area contributed by atoms with Gasteiger partial charge in [-0.1, -0.05) is 215 Å². The molecule has 0 spiro atoms. The van der Waals surface area contributed by atoms with Crippen molar-refractivity contribution >= 4 is 17.9 Å². The smallest absolute Gasteiger partial charge is 0.306 e. The average molecular weight is 765 g/mol. The highest BCUT2D eigenvalue weighted by atomic mass is 16.6. The van der Waals surface area contributed by atoms with Gasteiger partial charge < -0.3 is 14.2 Å². The maximum absolute atomic E-state index is 12.7. The maximum atomic E-state index is 12.7. The molecule has 6 heteroatoms. The highest BCUT2D eigenvalue weighted by molar-refractivity contribution is 5.71. The van der Waals surface area contributed by atoms with Crippen LogP contribution in [0.4, 0.5) is 0 Å². The van der Waals surface area contributed by atoms with E-state index in [1.54, 1.807) is 0 Å². The minimum atomic E-state index is -0.762. The van der Waals surface area contributed by atoms with Gasteiger partial charge in [0, 0.05) is 19.3 Å². The summed E-state index contributed by atoms with van der Waals surface area (Å²) < 4.78 is 16.7. The number of hydrogen-bond donors (Lipinski definition) is 0. The molecule has 0 heterocycles. The zero-order chi connectivity index (χ0) is 39.9. The van der Waals surface area contributed by atoms with Gasteiger partial charge in [-0.25, -0.2) is 0 Å². The Morgan fingerprint density at radius 1 is 0.370 bits per heavy atom. The van der Waals surface area contributed by atoms with Gasteiger partial charge in [-0.05, 0) is 37.0 Å². The van der Waals surface area contributed by atoms with Gasteiger partial charge in [-0.15, -0.1) is 0 Å². The third kappa shape index (κ3) is 38.7. The predicted molar refractivity (Wildman–Crippen MR) is 229 cm³/mol. The van der Waals surface area contributed by atoms with Gasteiger partial charge in [0.1, 0.15) is 13.2 Å². The number of carbonyl (C=O) groups excluding carboxylic acids is 3. The van der Waals surface area contributed by atoms with Gasteiger partial charge in [0.05, 0.1) is 0 Å². The molecule has 0 radical (unpaired) electrons. The van der Waals surface area contributed by atoms with Crippen molar-refractivity contribution < 1.29 is 28.6 Å². The van der Waals surface area contributed by atoms with Gasteiger partial charge in [-0.3, -0.25) is 14.4 Å². The highest BCUT2D eigenvalue weighted by Crippen LogP contribution is 2.18. The summed E-state index contributed by atoms with van der Waals surface area (Å²) in [5.74, 6) is 1.63. The van der Waals surface area contributed by atoms with Crippen LogP contribution in [0.2, 0.25) is 0 Å². The summed E-state index contributed by atoms with van der Waals surface area (Å²) in [5, 5.41) is 0. The standard InChI is InChI=1S/C48H92O6/c1-7-43(5)35-29-23-17-13-9-10-14-18-25-31-37-46(49)52-40-45(41-53-47(50)38-32-26-21-20-24-30-36-44(6)8-2)54-48(51)39-33-27-19-15-11-12-16-22-28-34-42(3)4/h42-45H,7-41H2,1-6H3/t43?,44?,45-/m1/s1. The molecule has 0 aliphatic heterocycles. The summed E-state index contributed by atoms with van der Waals surface area (Å²) in [6.45, 7) is 13.7. The van der Waals surface area contributed by atoms with Crippen molar-refractivity contribution in [2.45, 2.75) is 260 Å². The molecule has 0 aliphatic carbocycles. The van der Waals surface area contributed by atoms with E-state index < -0.39 is 6.10 Å². The molecule has 54 heavy (non-hydrogen) atoms. The topological polar surface area (TPSA) is 78.9 Å². The van der Waals surface area contributed by atoms with E-state index in [-0.39, 0.29) is 31.1 Å². The number of esters is 3. The summed E-state index contributed by atoms with van der Waals surface area (Å²) in [7, 11) is 0. The first-order valence-corrected chi connectivity index (χ1v) is 23.7. The number of hydrogen-bond acceptors (Lipinski definition) is 6. The van der Waals surface area contributed by atoms with Gasteiger partial charge in [-0.2, -0.15) is 0 Å². The van der Waals surface area contributed by atoms with Gasteiger partial charge >= 0.3 is 17.9 Å². The molecule has 0 aromatic carbocycles. The lowest BCUT2D eigenvalue weighted by Gasteiger charge is -2.18. The fourth-order valence-corrected chi connectivity index (χ4v) is 6.99. The Kier molecular flexibility index (Phi) is 38.5. The van der Waals surface area contributed by atoms with Crippen molar-refractivity contribution in [1.82, 2.24) is 0 Å². The van der Waals surface area contributed by atoms with E-state index in [2.05, 4.69) is 41.5 Å². The van der Waals surface area contributed by atoms with Crippen molar-refractivity contribution in [1.29, 1.82) is 0 Å². The summed E-state index contributed by atoms with van der Waals surface area (Å²) in [6.07, 6.45) is 36.6. The Morgan fingerprint density at radius 3 is 0.963 bits per heavy atom. The van der Waals surface area contributed by atoms with Crippen molar-refractivity contribution in [2.75, 3.05) is 13.2 Å². The monoisotopic (exact) mass is 765 g/mol. The lowest BCUT2D eigenvalue weighted by Crippen LogP contribution is -2.30. The number of ether oxygens (including phenoxy) is 3. The SMILES string of the molecule is CCC(C)CCCCCCCCCCCCC(=O)OC[C@H](COC(=O)CCCCCCCCC(C)CC)OC(=O)CCCCCCCCCCCC(C)C. The zero-order valence-electron chi connectivity index (χ0n) is 37.0. The molecular weight excluding hydrogens is 673 g/mol. The third-order valence-corrected chi connectivity index (χ3v) is 11.4. The van der Waals surface area contributed by atoms with Crippen molar-refractivity contribution in [2.24, 2.45) is 17.8 Å². The van der Waals surface area contributed by atoms with E-state index in [0.29, 0.717) is 19.3 Å². The molecule has 6 nitrogen and oxygen atoms in total. The highest BCUT2D eigenvalue weighted by Gasteiger charge is 2.19. The number of unbranched alkanes of at least 4 members (excludes halogenated alkanes) is 22. The van der Waals surface area contributed by atoms with Crippen molar-refractivity contribution in [3.8, 4) is 0 Å². The molecule has 0 fully saturated rings. The first-order chi connectivity index (χ1) is 26.2. The van der Waals surface area contributed by atoms with Crippen LogP contribution in [0.15, 0.2) is 0 Å². The number of carbonyl (C=O) groups is 3. The summed E-state index contributed by atoms with van der Waals surface area (Å²) in [5.41, 5.74) is 0. The fraction of sp³-hybridized carbons (Fsp3) is 0.938. The Labute approximate surface area is 336 Å². The second-order valence-electron chi connectivity index (χ2n) is 17.4. The molecule has 0 aromatic heterocycles. The second-order valence-corrected chi connectivity index (χ2v) is 17.4. The van der Waals surface area contributed by atoms with Crippen LogP contribution in [0, 0.1) is 17.8 Å². The molecule has 0 aliphatic rings. The van der Waals surface area contributed by atoms with E-state index in [9.17, 15) is 14.4 Å². The second kappa shape index (κ2) is 39.6. The van der Waals surface area contributed by atoms with Gasteiger partial charge in [0.15, 0.2) is 6.10 Å². The van der Waals surface area contributed by atoms with Crippen LogP contribution in [0.3, 0.4) is 0 Å². The predicted octanol–water partition coefficient (Wildman–Crippen LogP) is 14.8. The van der Waals surface area contributed by atoms with E-state index in [1.807, 2.05) is 0 Å². The van der Waals surface area contributed by atoms with Crippen LogP contribution in [-0.2, 0) is 28.6 Å². The van der Waals surface area contributed by atoms with Gasteiger partial charge in [0.25, 0.3) is 0 Å². The van der Waals surface area contributed by atoms with Crippen LogP contribution >= 0.6 is 0 Å². The normalized spacial score (nSPS) is 13.2. The quantitative estimate of drug-likeness (QED) is 0.0350. The zero-order valence-corrected chi connectivity index (χ0v) is 37.0. The Bertz CT molecular complexity index is 841. The lowest BCUT2D eigenvalue weighted by molar-refractivity contribution is -0.167. The van der Waals surface area contributed by atoms with E-state index in [1.165, 1.54) is 135 Å². The van der Waals surface area contributed by atoms with E-state index in [4.69, 9.17) is 14.2 Å². The molecule has 0 aromatic rings. The minimum Gasteiger partial charge on any atom is -0.462 e. The summed E-state index contributed by atoms with van der Waals surface area (Å²) in [6, 6.07) is 0. The van der Waals surface area contributed by atoms with E-state index in [0.717, 1.165) is 75.5 Å². The molecule has 0 amide bonds. The van der Waals surface area contributed by atoms with Gasteiger partial charge in [0.2, 0.25) is 0 Å². The molecule has 0 N–H and O–H groups in total. The number of rotatable bonds is 41. The van der Waals surface area contributed by atoms with E-state index >= 15 is 0 Å². The average Bonchev–Trinajstić information content (AvgIpc) is 3.15. The fourth-order valence-electron chi connectivity index (χ4n) is 6.99. The third-order valence-electron chi connectivity index (χ3n) is 11.4. The molecular formula is C48H92O6. The van der Waals surface area contributed by atoms with Crippen molar-refractivity contribution in [3.63, 3.8) is 0 Å². The molecule has 320 valence electrons. The molecule has 0 rings (SSSR count). The van der Waals surface area contributed by atoms with Crippen LogP contribution in [0.25, 0.3) is 0 Å².